The number of rotatable bonds is 2. The van der Waals surface area contributed by atoms with Crippen molar-refractivity contribution in [1.29, 1.82) is 0 Å². The molecule has 0 saturated heterocycles. The second-order valence-electron chi connectivity index (χ2n) is 4.67. The molecule has 5 nitrogen and oxygen atoms in total. The Morgan fingerprint density at radius 2 is 2.37 bits per heavy atom. The summed E-state index contributed by atoms with van der Waals surface area (Å²) < 4.78 is 7.80. The summed E-state index contributed by atoms with van der Waals surface area (Å²) in [4.78, 5) is 12.0. The van der Waals surface area contributed by atoms with E-state index in [-0.39, 0.29) is 11.9 Å². The Balaban J connectivity index is 1.82. The quantitative estimate of drug-likeness (QED) is 0.820. The van der Waals surface area contributed by atoms with E-state index in [0.29, 0.717) is 5.69 Å². The lowest BCUT2D eigenvalue weighted by Crippen LogP contribution is -2.31. The van der Waals surface area contributed by atoms with Crippen molar-refractivity contribution in [3.63, 3.8) is 0 Å². The fourth-order valence-corrected chi connectivity index (χ4v) is 2.89. The van der Waals surface area contributed by atoms with Crippen LogP contribution < -0.4 is 11.1 Å². The zero-order valence-electron chi connectivity index (χ0n) is 10.3. The number of anilines is 1. The van der Waals surface area contributed by atoms with Crippen molar-refractivity contribution in [3.8, 4) is 0 Å². The monoisotopic (exact) mass is 274 g/mol. The first-order valence-electron chi connectivity index (χ1n) is 6.21. The summed E-state index contributed by atoms with van der Waals surface area (Å²) in [5.41, 5.74) is 9.35. The molecule has 0 radical (unpaired) electrons. The van der Waals surface area contributed by atoms with Gasteiger partial charge in [0.1, 0.15) is 0 Å². The number of nitrogens with zero attached hydrogens (tertiary/aromatic N) is 2. The Bertz CT molecular complexity index is 597. The topological polar surface area (TPSA) is 80.9 Å². The van der Waals surface area contributed by atoms with E-state index in [1.165, 1.54) is 11.8 Å². The highest BCUT2D eigenvalue weighted by Crippen LogP contribution is 2.31. The molecule has 2 aromatic rings. The average Bonchev–Trinajstić information content (AvgIpc) is 2.92. The van der Waals surface area contributed by atoms with Gasteiger partial charge in [0.05, 0.1) is 24.0 Å². The van der Waals surface area contributed by atoms with E-state index in [1.54, 1.807) is 0 Å². The highest BCUT2D eigenvalue weighted by molar-refractivity contribution is 6.99. The van der Waals surface area contributed by atoms with Crippen LogP contribution in [0.4, 0.5) is 5.69 Å². The number of hydrogen-bond acceptors (Lipinski definition) is 5. The SMILES string of the molecule is Nc1ccc2c(c1)CCCC2NC(=O)c1cnsn1. The lowest BCUT2D eigenvalue weighted by Gasteiger charge is -2.26. The van der Waals surface area contributed by atoms with Gasteiger partial charge in [0.25, 0.3) is 5.91 Å². The van der Waals surface area contributed by atoms with Crippen LogP contribution in [0, 0.1) is 0 Å². The summed E-state index contributed by atoms with van der Waals surface area (Å²) in [6, 6.07) is 5.93. The molecule has 3 N–H and O–H groups in total. The van der Waals surface area contributed by atoms with Crippen LogP contribution in [0.2, 0.25) is 0 Å². The lowest BCUT2D eigenvalue weighted by molar-refractivity contribution is 0.0928. The van der Waals surface area contributed by atoms with Crippen LogP contribution >= 0.6 is 11.7 Å². The van der Waals surface area contributed by atoms with Crippen LogP contribution in [-0.2, 0) is 6.42 Å². The van der Waals surface area contributed by atoms with Crippen molar-refractivity contribution in [3.05, 3.63) is 41.2 Å². The van der Waals surface area contributed by atoms with E-state index >= 15 is 0 Å². The molecule has 0 saturated carbocycles. The highest BCUT2D eigenvalue weighted by Gasteiger charge is 2.23. The standard InChI is InChI=1S/C13H14N4OS/c14-9-4-5-10-8(6-9)2-1-3-11(10)16-13(18)12-7-15-19-17-12/h4-7,11H,1-3,14H2,(H,16,18). The summed E-state index contributed by atoms with van der Waals surface area (Å²) in [5.74, 6) is -0.163. The first-order chi connectivity index (χ1) is 9.24. The minimum absolute atomic E-state index is 0.0403. The molecule has 0 fully saturated rings. The lowest BCUT2D eigenvalue weighted by atomic mass is 9.87. The molecule has 1 amide bonds. The third-order valence-corrected chi connectivity index (χ3v) is 3.86. The van der Waals surface area contributed by atoms with E-state index in [1.807, 2.05) is 18.2 Å². The zero-order valence-corrected chi connectivity index (χ0v) is 11.1. The summed E-state index contributed by atoms with van der Waals surface area (Å²) >= 11 is 1.04. The van der Waals surface area contributed by atoms with Crippen LogP contribution in [0.3, 0.4) is 0 Å². The Hall–Kier alpha value is -1.95. The number of nitrogens with one attached hydrogen (secondary N) is 1. The molecular weight excluding hydrogens is 260 g/mol. The molecule has 1 aliphatic carbocycles. The van der Waals surface area contributed by atoms with Gasteiger partial charge in [-0.25, -0.2) is 0 Å². The van der Waals surface area contributed by atoms with Crippen molar-refractivity contribution in [2.75, 3.05) is 5.73 Å². The maximum Gasteiger partial charge on any atom is 0.273 e. The number of nitrogen functional groups attached to an aromatic ring is 1. The molecule has 1 aromatic heterocycles. The van der Waals surface area contributed by atoms with Gasteiger partial charge in [-0.1, -0.05) is 6.07 Å². The molecule has 0 bridgehead atoms. The van der Waals surface area contributed by atoms with Gasteiger partial charge in [-0.2, -0.15) is 8.75 Å². The Morgan fingerprint density at radius 3 is 3.16 bits per heavy atom. The summed E-state index contributed by atoms with van der Waals surface area (Å²) in [7, 11) is 0. The van der Waals surface area contributed by atoms with Crippen molar-refractivity contribution < 1.29 is 4.79 Å². The number of aryl methyl sites for hydroxylation is 1. The number of carbonyl (C=O) groups is 1. The normalized spacial score (nSPS) is 17.8. The predicted molar refractivity (Wildman–Crippen MR) is 73.9 cm³/mol. The fourth-order valence-electron chi connectivity index (χ4n) is 2.48. The molecule has 6 heteroatoms. The smallest absolute Gasteiger partial charge is 0.273 e. The van der Waals surface area contributed by atoms with Crippen molar-refractivity contribution in [2.45, 2.75) is 25.3 Å². The second kappa shape index (κ2) is 4.97. The summed E-state index contributed by atoms with van der Waals surface area (Å²) in [5, 5.41) is 3.02. The first kappa shape index (κ1) is 12.1. The molecule has 0 spiro atoms. The van der Waals surface area contributed by atoms with E-state index in [9.17, 15) is 4.79 Å². The van der Waals surface area contributed by atoms with Gasteiger partial charge in [-0.3, -0.25) is 4.79 Å². The van der Waals surface area contributed by atoms with Crippen LogP contribution in [0.1, 0.15) is 40.5 Å². The maximum absolute atomic E-state index is 12.0. The molecule has 19 heavy (non-hydrogen) atoms. The third-order valence-electron chi connectivity index (χ3n) is 3.38. The number of aromatic nitrogens is 2. The van der Waals surface area contributed by atoms with Gasteiger partial charge in [0.2, 0.25) is 0 Å². The Labute approximate surface area is 115 Å². The number of carbonyl (C=O) groups excluding carboxylic acids is 1. The Kier molecular flexibility index (Phi) is 3.16. The van der Waals surface area contributed by atoms with E-state index in [0.717, 1.165) is 42.2 Å². The van der Waals surface area contributed by atoms with Crippen LogP contribution in [0.25, 0.3) is 0 Å². The molecule has 1 atom stereocenters. The highest BCUT2D eigenvalue weighted by atomic mass is 32.1. The number of hydrogen-bond donors (Lipinski definition) is 2. The molecule has 98 valence electrons. The van der Waals surface area contributed by atoms with Crippen molar-refractivity contribution in [1.82, 2.24) is 14.1 Å². The zero-order chi connectivity index (χ0) is 13.2. The number of amides is 1. The van der Waals surface area contributed by atoms with Crippen LogP contribution in [-0.4, -0.2) is 14.7 Å². The third kappa shape index (κ3) is 2.44. The largest absolute Gasteiger partial charge is 0.399 e. The molecule has 1 unspecified atom stereocenters. The molecule has 3 rings (SSSR count). The number of fused-ring (bicyclic) bond motifs is 1. The van der Waals surface area contributed by atoms with E-state index in [2.05, 4.69) is 14.1 Å². The average molecular weight is 274 g/mol. The van der Waals surface area contributed by atoms with E-state index in [4.69, 9.17) is 5.73 Å². The van der Waals surface area contributed by atoms with Gasteiger partial charge in [0, 0.05) is 5.69 Å². The Morgan fingerprint density at radius 1 is 1.47 bits per heavy atom. The van der Waals surface area contributed by atoms with Gasteiger partial charge >= 0.3 is 0 Å². The van der Waals surface area contributed by atoms with Gasteiger partial charge in [-0.05, 0) is 42.5 Å². The van der Waals surface area contributed by atoms with Crippen molar-refractivity contribution in [2.24, 2.45) is 0 Å². The van der Waals surface area contributed by atoms with Gasteiger partial charge < -0.3 is 11.1 Å². The summed E-state index contributed by atoms with van der Waals surface area (Å²) in [6.45, 7) is 0. The molecule has 1 heterocycles. The second-order valence-corrected chi connectivity index (χ2v) is 5.23. The maximum atomic E-state index is 12.0. The fraction of sp³-hybridized carbons (Fsp3) is 0.308. The van der Waals surface area contributed by atoms with Crippen LogP contribution in [0.15, 0.2) is 24.4 Å². The van der Waals surface area contributed by atoms with Crippen LogP contribution in [0.5, 0.6) is 0 Å². The summed E-state index contributed by atoms with van der Waals surface area (Å²) in [6.07, 6.45) is 4.51. The first-order valence-corrected chi connectivity index (χ1v) is 6.94. The number of nitrogens with two attached hydrogens (primary N) is 1. The minimum atomic E-state index is -0.163. The predicted octanol–water partition coefficient (Wildman–Crippen LogP) is 1.93. The van der Waals surface area contributed by atoms with Crippen molar-refractivity contribution >= 4 is 23.3 Å². The van der Waals surface area contributed by atoms with Gasteiger partial charge in [0.15, 0.2) is 5.69 Å². The molecular formula is C13H14N4OS. The molecule has 1 aliphatic rings. The van der Waals surface area contributed by atoms with Gasteiger partial charge in [-0.15, -0.1) is 0 Å². The molecule has 1 aromatic carbocycles. The van der Waals surface area contributed by atoms with E-state index < -0.39 is 0 Å². The number of benzene rings is 1. The minimum Gasteiger partial charge on any atom is -0.399 e. The molecule has 0 aliphatic heterocycles.